The van der Waals surface area contributed by atoms with Crippen molar-refractivity contribution >= 4 is 5.91 Å². The molecule has 2 nitrogen and oxygen atoms in total. The van der Waals surface area contributed by atoms with E-state index in [1.807, 2.05) is 19.1 Å². The highest BCUT2D eigenvalue weighted by Crippen LogP contribution is 2.10. The van der Waals surface area contributed by atoms with E-state index in [9.17, 15) is 4.79 Å². The third-order valence-corrected chi connectivity index (χ3v) is 1.70. The second kappa shape index (κ2) is 3.19. The molecule has 0 aliphatic carbocycles. The number of carbonyl (C=O) groups excluding carboxylic acids is 1. The van der Waals surface area contributed by atoms with Crippen LogP contribution in [0.15, 0.2) is 36.0 Å². The molecule has 0 bridgehead atoms. The van der Waals surface area contributed by atoms with E-state index < -0.39 is 0 Å². The van der Waals surface area contributed by atoms with Crippen LogP contribution in [-0.2, 0) is 4.79 Å². The number of rotatable bonds is 2. The second-order valence-electron chi connectivity index (χ2n) is 2.43. The molecule has 2 heteroatoms. The third kappa shape index (κ3) is 1.58. The highest BCUT2D eigenvalue weighted by Gasteiger charge is 2.15. The molecule has 1 rings (SSSR count). The minimum absolute atomic E-state index is 0.0358. The molecule has 0 radical (unpaired) electrons. The molecule has 0 fully saturated rings. The molecule has 1 heterocycles. The summed E-state index contributed by atoms with van der Waals surface area (Å²) in [6.07, 6.45) is 5.43. The van der Waals surface area contributed by atoms with Crippen LogP contribution in [-0.4, -0.2) is 12.5 Å². The van der Waals surface area contributed by atoms with Gasteiger partial charge in [0.25, 0.3) is 0 Å². The van der Waals surface area contributed by atoms with Crippen LogP contribution in [0.2, 0.25) is 0 Å². The standard InChI is InChI=1S/C9H11NO/c1-3-4-5-8-6-10-9(11)7(8)2/h3-5H,1,6H2,2H3,(H,10,11)/b5-4-. The van der Waals surface area contributed by atoms with Gasteiger partial charge in [0.2, 0.25) is 5.91 Å². The number of allylic oxidation sites excluding steroid dienone is 2. The van der Waals surface area contributed by atoms with Crippen LogP contribution in [0.25, 0.3) is 0 Å². The highest BCUT2D eigenvalue weighted by atomic mass is 16.1. The maximum absolute atomic E-state index is 10.9. The lowest BCUT2D eigenvalue weighted by Crippen LogP contribution is -2.16. The zero-order valence-electron chi connectivity index (χ0n) is 6.55. The predicted molar refractivity (Wildman–Crippen MR) is 45.0 cm³/mol. The fourth-order valence-corrected chi connectivity index (χ4v) is 0.955. The van der Waals surface area contributed by atoms with Crippen molar-refractivity contribution in [2.24, 2.45) is 0 Å². The third-order valence-electron chi connectivity index (χ3n) is 1.70. The van der Waals surface area contributed by atoms with E-state index in [0.29, 0.717) is 6.54 Å². The molecule has 11 heavy (non-hydrogen) atoms. The van der Waals surface area contributed by atoms with Gasteiger partial charge >= 0.3 is 0 Å². The van der Waals surface area contributed by atoms with Crippen molar-refractivity contribution in [1.29, 1.82) is 0 Å². The van der Waals surface area contributed by atoms with Crippen molar-refractivity contribution in [3.63, 3.8) is 0 Å². The molecule has 0 unspecified atom stereocenters. The van der Waals surface area contributed by atoms with Gasteiger partial charge in [-0.15, -0.1) is 0 Å². The first-order valence-electron chi connectivity index (χ1n) is 3.52. The van der Waals surface area contributed by atoms with Crippen LogP contribution in [0.1, 0.15) is 6.92 Å². The number of carbonyl (C=O) groups is 1. The minimum atomic E-state index is 0.0358. The number of hydrogen-bond donors (Lipinski definition) is 1. The maximum atomic E-state index is 10.9. The average molecular weight is 149 g/mol. The van der Waals surface area contributed by atoms with E-state index in [0.717, 1.165) is 11.1 Å². The molecule has 0 atom stereocenters. The molecule has 1 aliphatic rings. The predicted octanol–water partition coefficient (Wildman–Crippen LogP) is 1.17. The fourth-order valence-electron chi connectivity index (χ4n) is 0.955. The fraction of sp³-hybridized carbons (Fsp3) is 0.222. The molecule has 58 valence electrons. The Morgan fingerprint density at radius 2 is 2.36 bits per heavy atom. The topological polar surface area (TPSA) is 29.1 Å². The van der Waals surface area contributed by atoms with E-state index >= 15 is 0 Å². The molecule has 0 saturated carbocycles. The molecular formula is C9H11NO. The molecule has 1 N–H and O–H groups in total. The first kappa shape index (κ1) is 7.79. The molecule has 1 aliphatic heterocycles. The largest absolute Gasteiger partial charge is 0.348 e. The van der Waals surface area contributed by atoms with Crippen molar-refractivity contribution in [3.05, 3.63) is 36.0 Å². The van der Waals surface area contributed by atoms with E-state index in [2.05, 4.69) is 11.9 Å². The summed E-state index contributed by atoms with van der Waals surface area (Å²) < 4.78 is 0. The normalized spacial score (nSPS) is 17.7. The van der Waals surface area contributed by atoms with Gasteiger partial charge in [-0.3, -0.25) is 4.79 Å². The molecule has 0 aromatic carbocycles. The molecule has 1 amide bonds. The monoisotopic (exact) mass is 149 g/mol. The van der Waals surface area contributed by atoms with Gasteiger partial charge in [-0.25, -0.2) is 0 Å². The first-order chi connectivity index (χ1) is 5.25. The zero-order valence-corrected chi connectivity index (χ0v) is 6.55. The van der Waals surface area contributed by atoms with Gasteiger partial charge in [-0.2, -0.15) is 0 Å². The molecular weight excluding hydrogens is 138 g/mol. The summed E-state index contributed by atoms with van der Waals surface area (Å²) in [5.41, 5.74) is 1.86. The van der Waals surface area contributed by atoms with Crippen LogP contribution >= 0.6 is 0 Å². The zero-order chi connectivity index (χ0) is 8.27. The van der Waals surface area contributed by atoms with Crippen molar-refractivity contribution in [1.82, 2.24) is 5.32 Å². The van der Waals surface area contributed by atoms with Crippen molar-refractivity contribution in [2.45, 2.75) is 6.92 Å². The van der Waals surface area contributed by atoms with Gasteiger partial charge in [0.15, 0.2) is 0 Å². The van der Waals surface area contributed by atoms with E-state index in [-0.39, 0.29) is 5.91 Å². The van der Waals surface area contributed by atoms with E-state index in [1.165, 1.54) is 0 Å². The Balaban J connectivity index is 2.79. The minimum Gasteiger partial charge on any atom is -0.348 e. The Morgan fingerprint density at radius 3 is 2.82 bits per heavy atom. The number of amides is 1. The van der Waals surface area contributed by atoms with Gasteiger partial charge in [0.05, 0.1) is 0 Å². The van der Waals surface area contributed by atoms with Crippen molar-refractivity contribution < 1.29 is 4.79 Å². The average Bonchev–Trinajstić information content (AvgIpc) is 2.31. The van der Waals surface area contributed by atoms with Gasteiger partial charge < -0.3 is 5.32 Å². The van der Waals surface area contributed by atoms with Crippen LogP contribution in [0.5, 0.6) is 0 Å². The van der Waals surface area contributed by atoms with Crippen LogP contribution in [0, 0.1) is 0 Å². The summed E-state index contributed by atoms with van der Waals surface area (Å²) in [5.74, 6) is 0.0358. The van der Waals surface area contributed by atoms with Crippen molar-refractivity contribution in [2.75, 3.05) is 6.54 Å². The lowest BCUT2D eigenvalue weighted by Gasteiger charge is -1.88. The summed E-state index contributed by atoms with van der Waals surface area (Å²) in [6.45, 7) is 6.02. The van der Waals surface area contributed by atoms with E-state index in [4.69, 9.17) is 0 Å². The highest BCUT2D eigenvalue weighted by molar-refractivity contribution is 5.97. The number of hydrogen-bond acceptors (Lipinski definition) is 1. The second-order valence-corrected chi connectivity index (χ2v) is 2.43. The first-order valence-corrected chi connectivity index (χ1v) is 3.52. The number of nitrogens with one attached hydrogen (secondary N) is 1. The lowest BCUT2D eigenvalue weighted by atomic mass is 10.1. The van der Waals surface area contributed by atoms with Crippen LogP contribution in [0.4, 0.5) is 0 Å². The lowest BCUT2D eigenvalue weighted by molar-refractivity contribution is -0.116. The van der Waals surface area contributed by atoms with Crippen molar-refractivity contribution in [3.8, 4) is 0 Å². The molecule has 0 spiro atoms. The molecule has 0 aromatic rings. The van der Waals surface area contributed by atoms with Gasteiger partial charge in [-0.1, -0.05) is 24.8 Å². The SMILES string of the molecule is C=C/C=C\C1=C(C)C(=O)NC1. The van der Waals surface area contributed by atoms with Crippen LogP contribution in [0.3, 0.4) is 0 Å². The summed E-state index contributed by atoms with van der Waals surface area (Å²) in [5, 5.41) is 2.73. The molecule has 0 saturated heterocycles. The van der Waals surface area contributed by atoms with Crippen LogP contribution < -0.4 is 5.32 Å². The van der Waals surface area contributed by atoms with Gasteiger partial charge in [0.1, 0.15) is 0 Å². The Morgan fingerprint density at radius 1 is 1.64 bits per heavy atom. The van der Waals surface area contributed by atoms with Gasteiger partial charge in [0, 0.05) is 12.1 Å². The molecule has 0 aromatic heterocycles. The summed E-state index contributed by atoms with van der Waals surface area (Å²) in [4.78, 5) is 10.9. The Kier molecular flexibility index (Phi) is 2.26. The summed E-state index contributed by atoms with van der Waals surface area (Å²) in [6, 6.07) is 0. The van der Waals surface area contributed by atoms with Gasteiger partial charge in [-0.05, 0) is 12.5 Å². The Bertz CT molecular complexity index is 248. The summed E-state index contributed by atoms with van der Waals surface area (Å²) >= 11 is 0. The summed E-state index contributed by atoms with van der Waals surface area (Å²) in [7, 11) is 0. The Labute approximate surface area is 66.3 Å². The Hall–Kier alpha value is -1.31. The smallest absolute Gasteiger partial charge is 0.247 e. The maximum Gasteiger partial charge on any atom is 0.247 e. The quantitative estimate of drug-likeness (QED) is 0.587. The van der Waals surface area contributed by atoms with E-state index in [1.54, 1.807) is 6.08 Å².